The molecule has 2 N–H and O–H groups in total. The van der Waals surface area contributed by atoms with Gasteiger partial charge < -0.3 is 10.6 Å². The Hall–Kier alpha value is -2.42. The molecular formula is C27H35Cl2N7O. The molecule has 0 radical (unpaired) electrons. The number of piperidine rings is 1. The lowest BCUT2D eigenvalue weighted by atomic mass is 9.91. The monoisotopic (exact) mass is 543 g/mol. The van der Waals surface area contributed by atoms with Gasteiger partial charge in [0.15, 0.2) is 5.65 Å². The lowest BCUT2D eigenvalue weighted by Crippen LogP contribution is -2.52. The first-order chi connectivity index (χ1) is 17.7. The molecule has 1 aromatic carbocycles. The number of carbonyl (C=O) groups excluding carboxylic acids is 1. The SMILES string of the molecule is Cc1nn(C(C)c2ccc(Cl)cc2Cl)c2nc(N3CCC(N4CCCC4CCC(N)=O)C(C)C3)cnc12. The Balaban J connectivity index is 1.36. The van der Waals surface area contributed by atoms with Crippen molar-refractivity contribution in [3.8, 4) is 0 Å². The molecule has 2 saturated heterocycles. The summed E-state index contributed by atoms with van der Waals surface area (Å²) >= 11 is 12.6. The lowest BCUT2D eigenvalue weighted by molar-refractivity contribution is -0.118. The Morgan fingerprint density at radius 2 is 2.05 bits per heavy atom. The largest absolute Gasteiger partial charge is 0.370 e. The second-order valence-corrected chi connectivity index (χ2v) is 11.4. The third-order valence-corrected chi connectivity index (χ3v) is 8.66. The molecule has 10 heteroatoms. The van der Waals surface area contributed by atoms with Gasteiger partial charge in [0.25, 0.3) is 0 Å². The van der Waals surface area contributed by atoms with Gasteiger partial charge in [-0.1, -0.05) is 36.2 Å². The molecule has 198 valence electrons. The summed E-state index contributed by atoms with van der Waals surface area (Å²) in [6, 6.07) is 6.39. The van der Waals surface area contributed by atoms with Gasteiger partial charge in [-0.05, 0) is 69.7 Å². The fourth-order valence-corrected chi connectivity index (χ4v) is 6.75. The third-order valence-electron chi connectivity index (χ3n) is 8.09. The Morgan fingerprint density at radius 3 is 2.78 bits per heavy atom. The second-order valence-electron chi connectivity index (χ2n) is 10.6. The number of fused-ring (bicyclic) bond motifs is 1. The Labute approximate surface area is 228 Å². The molecule has 1 amide bonds. The minimum Gasteiger partial charge on any atom is -0.370 e. The fourth-order valence-electron chi connectivity index (χ4n) is 6.18. The zero-order valence-corrected chi connectivity index (χ0v) is 23.2. The summed E-state index contributed by atoms with van der Waals surface area (Å²) in [5.41, 5.74) is 8.77. The van der Waals surface area contributed by atoms with Gasteiger partial charge in [-0.3, -0.25) is 9.69 Å². The van der Waals surface area contributed by atoms with Crippen molar-refractivity contribution in [1.29, 1.82) is 0 Å². The van der Waals surface area contributed by atoms with Crippen LogP contribution in [0.3, 0.4) is 0 Å². The number of primary amides is 1. The molecule has 4 unspecified atom stereocenters. The van der Waals surface area contributed by atoms with E-state index >= 15 is 0 Å². The maximum atomic E-state index is 11.3. The standard InChI is InChI=1S/C27H35Cl2N7O/c1-16-15-34(12-10-23(16)35-11-4-5-20(35)7-9-24(30)37)25-14-31-26-17(2)33-36(27(26)32-25)18(3)21-8-6-19(28)13-22(21)29/h6,8,13-14,16,18,20,23H,4-5,7,9-12,15H2,1-3H3,(H2,30,37). The number of rotatable bonds is 7. The van der Waals surface area contributed by atoms with E-state index in [1.54, 1.807) is 6.07 Å². The smallest absolute Gasteiger partial charge is 0.217 e. The Morgan fingerprint density at radius 1 is 1.24 bits per heavy atom. The summed E-state index contributed by atoms with van der Waals surface area (Å²) in [5.74, 6) is 1.14. The first-order valence-electron chi connectivity index (χ1n) is 13.2. The van der Waals surface area contributed by atoms with Crippen molar-refractivity contribution in [2.45, 2.75) is 71.0 Å². The number of halogens is 2. The number of anilines is 1. The van der Waals surface area contributed by atoms with Gasteiger partial charge in [0.1, 0.15) is 11.3 Å². The normalized spacial score (nSPS) is 23.6. The topological polar surface area (TPSA) is 93.2 Å². The van der Waals surface area contributed by atoms with Crippen LogP contribution in [0.15, 0.2) is 24.4 Å². The van der Waals surface area contributed by atoms with Gasteiger partial charge >= 0.3 is 0 Å². The van der Waals surface area contributed by atoms with Crippen LogP contribution < -0.4 is 10.6 Å². The Bertz CT molecular complexity index is 1300. The minimum atomic E-state index is -0.203. The van der Waals surface area contributed by atoms with Crippen LogP contribution in [0.25, 0.3) is 11.2 Å². The van der Waals surface area contributed by atoms with Crippen molar-refractivity contribution in [2.75, 3.05) is 24.5 Å². The summed E-state index contributed by atoms with van der Waals surface area (Å²) < 4.78 is 1.92. The van der Waals surface area contributed by atoms with Crippen LogP contribution in [0.5, 0.6) is 0 Å². The number of aryl methyl sites for hydroxylation is 1. The molecule has 2 aromatic heterocycles. The van der Waals surface area contributed by atoms with Crippen molar-refractivity contribution in [3.05, 3.63) is 45.7 Å². The zero-order chi connectivity index (χ0) is 26.3. The average Bonchev–Trinajstić information content (AvgIpc) is 3.46. The molecule has 2 aliphatic rings. The molecule has 2 aliphatic heterocycles. The van der Waals surface area contributed by atoms with Crippen LogP contribution in [-0.2, 0) is 4.79 Å². The van der Waals surface area contributed by atoms with Crippen LogP contribution >= 0.6 is 23.2 Å². The quantitative estimate of drug-likeness (QED) is 0.450. The van der Waals surface area contributed by atoms with E-state index in [4.69, 9.17) is 44.0 Å². The number of hydrogen-bond donors (Lipinski definition) is 1. The Kier molecular flexibility index (Phi) is 7.61. The summed E-state index contributed by atoms with van der Waals surface area (Å²) in [6.45, 7) is 9.28. The van der Waals surface area contributed by atoms with Gasteiger partial charge in [0.05, 0.1) is 17.9 Å². The van der Waals surface area contributed by atoms with Crippen LogP contribution in [0.2, 0.25) is 10.0 Å². The maximum absolute atomic E-state index is 11.3. The summed E-state index contributed by atoms with van der Waals surface area (Å²) in [5, 5.41) is 5.99. The molecule has 0 saturated carbocycles. The van der Waals surface area contributed by atoms with Gasteiger partial charge in [-0.25, -0.2) is 14.6 Å². The van der Waals surface area contributed by atoms with Crippen LogP contribution in [0.4, 0.5) is 5.82 Å². The molecule has 2 fully saturated rings. The average molecular weight is 545 g/mol. The van der Waals surface area contributed by atoms with E-state index in [0.29, 0.717) is 34.5 Å². The molecule has 4 atom stereocenters. The summed E-state index contributed by atoms with van der Waals surface area (Å²) in [6.07, 6.45) is 6.61. The second kappa shape index (κ2) is 10.8. The highest BCUT2D eigenvalue weighted by Crippen LogP contribution is 2.34. The van der Waals surface area contributed by atoms with E-state index in [2.05, 4.69) is 23.6 Å². The van der Waals surface area contributed by atoms with Crippen molar-refractivity contribution in [2.24, 2.45) is 11.7 Å². The van der Waals surface area contributed by atoms with E-state index < -0.39 is 0 Å². The van der Waals surface area contributed by atoms with Crippen LogP contribution in [0, 0.1) is 12.8 Å². The van der Waals surface area contributed by atoms with E-state index in [1.165, 1.54) is 6.42 Å². The number of carbonyl (C=O) groups is 1. The van der Waals surface area contributed by atoms with Gasteiger partial charge in [0, 0.05) is 41.6 Å². The molecule has 3 aromatic rings. The maximum Gasteiger partial charge on any atom is 0.217 e. The van der Waals surface area contributed by atoms with Crippen LogP contribution in [0.1, 0.15) is 63.3 Å². The van der Waals surface area contributed by atoms with Crippen molar-refractivity contribution in [3.63, 3.8) is 0 Å². The van der Waals surface area contributed by atoms with E-state index in [1.807, 2.05) is 29.9 Å². The number of amides is 1. The van der Waals surface area contributed by atoms with Crippen molar-refractivity contribution < 1.29 is 4.79 Å². The third kappa shape index (κ3) is 5.29. The fraction of sp³-hybridized carbons (Fsp3) is 0.556. The molecule has 0 spiro atoms. The van der Waals surface area contributed by atoms with Crippen LogP contribution in [-0.4, -0.2) is 62.3 Å². The molecule has 5 rings (SSSR count). The minimum absolute atomic E-state index is 0.123. The highest BCUT2D eigenvalue weighted by Gasteiger charge is 2.37. The predicted molar refractivity (Wildman–Crippen MR) is 148 cm³/mol. The summed E-state index contributed by atoms with van der Waals surface area (Å²) in [4.78, 5) is 26.1. The number of hydrogen-bond acceptors (Lipinski definition) is 6. The number of benzene rings is 1. The first kappa shape index (κ1) is 26.2. The molecule has 8 nitrogen and oxygen atoms in total. The predicted octanol–water partition coefficient (Wildman–Crippen LogP) is 5.00. The van der Waals surface area contributed by atoms with Gasteiger partial charge in [0.2, 0.25) is 5.91 Å². The lowest BCUT2D eigenvalue weighted by Gasteiger charge is -2.43. The molecular weight excluding hydrogens is 509 g/mol. The summed E-state index contributed by atoms with van der Waals surface area (Å²) in [7, 11) is 0. The van der Waals surface area contributed by atoms with Gasteiger partial charge in [-0.2, -0.15) is 5.10 Å². The molecule has 4 heterocycles. The van der Waals surface area contributed by atoms with E-state index in [9.17, 15) is 4.79 Å². The molecule has 37 heavy (non-hydrogen) atoms. The van der Waals surface area contributed by atoms with E-state index in [-0.39, 0.29) is 11.9 Å². The van der Waals surface area contributed by atoms with Gasteiger partial charge in [-0.15, -0.1) is 0 Å². The molecule has 0 aliphatic carbocycles. The highest BCUT2D eigenvalue weighted by molar-refractivity contribution is 6.35. The number of nitrogens with two attached hydrogens (primary N) is 1. The zero-order valence-electron chi connectivity index (χ0n) is 21.7. The van der Waals surface area contributed by atoms with Crippen molar-refractivity contribution >= 4 is 46.1 Å². The van der Waals surface area contributed by atoms with E-state index in [0.717, 1.165) is 67.1 Å². The first-order valence-corrected chi connectivity index (χ1v) is 13.9. The van der Waals surface area contributed by atoms with Crippen molar-refractivity contribution in [1.82, 2.24) is 24.6 Å². The molecule has 0 bridgehead atoms. The highest BCUT2D eigenvalue weighted by atomic mass is 35.5. The number of aromatic nitrogens is 4. The number of nitrogens with zero attached hydrogens (tertiary/aromatic N) is 6. The number of likely N-dealkylation sites (tertiary alicyclic amines) is 1.